The summed E-state index contributed by atoms with van der Waals surface area (Å²) in [7, 11) is 3.10. The molecule has 2 aromatic rings. The van der Waals surface area contributed by atoms with Gasteiger partial charge in [0.25, 0.3) is 0 Å². The molecule has 1 fully saturated rings. The number of carbonyl (C=O) groups is 1. The quantitative estimate of drug-likeness (QED) is 0.270. The maximum Gasteiger partial charge on any atom is 0.325 e. The van der Waals surface area contributed by atoms with Gasteiger partial charge in [0.1, 0.15) is 17.6 Å². The number of carboxylic acids is 1. The molecule has 8 nitrogen and oxygen atoms in total. The number of anilines is 1. The van der Waals surface area contributed by atoms with Crippen LogP contribution in [0, 0.1) is 5.82 Å². The van der Waals surface area contributed by atoms with Crippen molar-refractivity contribution >= 4 is 11.8 Å². The van der Waals surface area contributed by atoms with E-state index in [0.717, 1.165) is 80.7 Å². The number of nitrogens with one attached hydrogen (secondary N) is 1. The van der Waals surface area contributed by atoms with Gasteiger partial charge in [-0.05, 0) is 68.1 Å². The van der Waals surface area contributed by atoms with Gasteiger partial charge in [-0.2, -0.15) is 0 Å². The number of nitrogens with zero attached hydrogens (tertiary/aromatic N) is 2. The van der Waals surface area contributed by atoms with Gasteiger partial charge in [-0.1, -0.05) is 27.2 Å². The molecule has 2 N–H and O–H groups in total. The summed E-state index contributed by atoms with van der Waals surface area (Å²) in [5, 5.41) is 13.6. The standard InChI is InChI=1S/C32H46FN3O5/c1-6-32(2,3)21-17-25(29(40-5)26(33)18-21)28(31(37)38)36-15-13-23(20-36)41-16-9-7-8-11-22-19-27(39-4)24-12-10-14-34-30(24)35-22/h17-19,23,28H,6-16,20H2,1-5H3,(H,34,35)(H,37,38)/t23-,28?/m1/s1. The van der Waals surface area contributed by atoms with E-state index in [-0.39, 0.29) is 17.3 Å². The normalized spacial score (nSPS) is 18.0. The monoisotopic (exact) mass is 571 g/mol. The van der Waals surface area contributed by atoms with Gasteiger partial charge in [-0.25, -0.2) is 9.37 Å². The summed E-state index contributed by atoms with van der Waals surface area (Å²) in [6.45, 7) is 8.72. The number of methoxy groups -OCH3 is 2. The average Bonchev–Trinajstić information content (AvgIpc) is 3.42. The summed E-state index contributed by atoms with van der Waals surface area (Å²) >= 11 is 0. The molecule has 3 heterocycles. The molecule has 2 aliphatic rings. The van der Waals surface area contributed by atoms with E-state index < -0.39 is 17.8 Å². The molecule has 1 aromatic heterocycles. The molecule has 1 aromatic carbocycles. The first-order valence-corrected chi connectivity index (χ1v) is 15.0. The minimum Gasteiger partial charge on any atom is -0.496 e. The van der Waals surface area contributed by atoms with Crippen molar-refractivity contribution < 1.29 is 28.5 Å². The highest BCUT2D eigenvalue weighted by Gasteiger charge is 2.37. The van der Waals surface area contributed by atoms with Crippen LogP contribution in [0.1, 0.15) is 87.7 Å². The molecule has 226 valence electrons. The zero-order valence-electron chi connectivity index (χ0n) is 25.2. The van der Waals surface area contributed by atoms with Crippen molar-refractivity contribution in [3.8, 4) is 11.5 Å². The molecule has 0 spiro atoms. The summed E-state index contributed by atoms with van der Waals surface area (Å²) in [5.74, 6) is 0.337. The van der Waals surface area contributed by atoms with Crippen molar-refractivity contribution in [1.82, 2.24) is 9.88 Å². The Morgan fingerprint density at radius 1 is 1.22 bits per heavy atom. The van der Waals surface area contributed by atoms with E-state index in [0.29, 0.717) is 25.3 Å². The van der Waals surface area contributed by atoms with Crippen molar-refractivity contribution in [3.63, 3.8) is 0 Å². The molecule has 0 aliphatic carbocycles. The van der Waals surface area contributed by atoms with Crippen LogP contribution in [0.2, 0.25) is 0 Å². The Kier molecular flexibility index (Phi) is 10.5. The zero-order chi connectivity index (χ0) is 29.6. The van der Waals surface area contributed by atoms with E-state index in [1.807, 2.05) is 25.7 Å². The van der Waals surface area contributed by atoms with Crippen LogP contribution in [-0.4, -0.2) is 67.5 Å². The van der Waals surface area contributed by atoms with Crippen LogP contribution >= 0.6 is 0 Å². The topological polar surface area (TPSA) is 93.2 Å². The van der Waals surface area contributed by atoms with Crippen LogP contribution in [0.5, 0.6) is 11.5 Å². The van der Waals surface area contributed by atoms with Gasteiger partial charge in [0.15, 0.2) is 11.6 Å². The van der Waals surface area contributed by atoms with Crippen molar-refractivity contribution in [3.05, 3.63) is 46.4 Å². The second kappa shape index (κ2) is 13.8. The Balaban J connectivity index is 1.30. The SMILES string of the molecule is CCC(C)(C)c1cc(F)c(OC)c(C(C(=O)O)N2CC[C@@H](OCCCCCc3cc(OC)c4c(n3)NCCC4)C2)c1. The van der Waals surface area contributed by atoms with Crippen LogP contribution in [0.25, 0.3) is 0 Å². The first-order chi connectivity index (χ1) is 19.7. The maximum atomic E-state index is 15.1. The Labute approximate surface area is 243 Å². The van der Waals surface area contributed by atoms with Gasteiger partial charge < -0.3 is 24.6 Å². The highest BCUT2D eigenvalue weighted by atomic mass is 19.1. The number of ether oxygens (including phenoxy) is 3. The number of carboxylic acid groups (broad SMARTS) is 1. The lowest BCUT2D eigenvalue weighted by atomic mass is 9.80. The molecule has 0 amide bonds. The molecule has 41 heavy (non-hydrogen) atoms. The Morgan fingerprint density at radius 2 is 2.02 bits per heavy atom. The largest absolute Gasteiger partial charge is 0.496 e. The number of pyridine rings is 1. The van der Waals surface area contributed by atoms with Gasteiger partial charge >= 0.3 is 5.97 Å². The van der Waals surface area contributed by atoms with E-state index in [2.05, 4.69) is 11.4 Å². The van der Waals surface area contributed by atoms with Crippen molar-refractivity contribution in [2.45, 2.75) is 89.7 Å². The van der Waals surface area contributed by atoms with Crippen molar-refractivity contribution in [2.24, 2.45) is 0 Å². The van der Waals surface area contributed by atoms with Crippen LogP contribution < -0.4 is 14.8 Å². The third kappa shape index (κ3) is 7.30. The summed E-state index contributed by atoms with van der Waals surface area (Å²) in [5.41, 5.74) is 3.06. The van der Waals surface area contributed by atoms with Crippen LogP contribution in [0.3, 0.4) is 0 Å². The second-order valence-corrected chi connectivity index (χ2v) is 11.8. The number of benzene rings is 1. The second-order valence-electron chi connectivity index (χ2n) is 11.8. The number of aliphatic carboxylic acids is 1. The third-order valence-electron chi connectivity index (χ3n) is 8.70. The third-order valence-corrected chi connectivity index (χ3v) is 8.70. The molecule has 0 saturated carbocycles. The average molecular weight is 572 g/mol. The first-order valence-electron chi connectivity index (χ1n) is 15.0. The lowest BCUT2D eigenvalue weighted by molar-refractivity contribution is -0.143. The van der Waals surface area contributed by atoms with E-state index in [1.165, 1.54) is 18.7 Å². The summed E-state index contributed by atoms with van der Waals surface area (Å²) in [4.78, 5) is 19.2. The number of aryl methyl sites for hydroxylation is 1. The fourth-order valence-electron chi connectivity index (χ4n) is 5.84. The predicted octanol–water partition coefficient (Wildman–Crippen LogP) is 5.91. The number of unbranched alkanes of at least 4 members (excludes halogenated alkanes) is 2. The molecule has 2 aliphatic heterocycles. The fraction of sp³-hybridized carbons (Fsp3) is 0.625. The molecular weight excluding hydrogens is 525 g/mol. The highest BCUT2D eigenvalue weighted by molar-refractivity contribution is 5.77. The van der Waals surface area contributed by atoms with Crippen LogP contribution in [0.15, 0.2) is 18.2 Å². The Bertz CT molecular complexity index is 1190. The predicted molar refractivity (Wildman–Crippen MR) is 158 cm³/mol. The smallest absolute Gasteiger partial charge is 0.325 e. The van der Waals surface area contributed by atoms with E-state index in [4.69, 9.17) is 19.2 Å². The van der Waals surface area contributed by atoms with Gasteiger partial charge in [-0.3, -0.25) is 9.69 Å². The fourth-order valence-corrected chi connectivity index (χ4v) is 5.84. The molecule has 2 atom stereocenters. The van der Waals surface area contributed by atoms with E-state index in [1.54, 1.807) is 13.2 Å². The minimum atomic E-state index is -1.02. The molecule has 0 radical (unpaired) electrons. The Hall–Kier alpha value is -2.91. The number of rotatable bonds is 14. The summed E-state index contributed by atoms with van der Waals surface area (Å²) in [6, 6.07) is 4.34. The maximum absolute atomic E-state index is 15.1. The van der Waals surface area contributed by atoms with Gasteiger partial charge in [-0.15, -0.1) is 0 Å². The van der Waals surface area contributed by atoms with Crippen LogP contribution in [-0.2, 0) is 27.8 Å². The summed E-state index contributed by atoms with van der Waals surface area (Å²) in [6.07, 6.45) is 7.39. The van der Waals surface area contributed by atoms with Gasteiger partial charge in [0.2, 0.25) is 0 Å². The molecule has 1 unspecified atom stereocenters. The van der Waals surface area contributed by atoms with E-state index in [9.17, 15) is 9.90 Å². The number of fused-ring (bicyclic) bond motifs is 1. The Morgan fingerprint density at radius 3 is 2.73 bits per heavy atom. The first kappa shape index (κ1) is 31.0. The number of halogens is 1. The molecular formula is C32H46FN3O5. The highest BCUT2D eigenvalue weighted by Crippen LogP contribution is 2.39. The molecule has 9 heteroatoms. The zero-order valence-corrected chi connectivity index (χ0v) is 25.2. The number of hydrogen-bond donors (Lipinski definition) is 2. The molecule has 0 bridgehead atoms. The van der Waals surface area contributed by atoms with E-state index >= 15 is 4.39 Å². The van der Waals surface area contributed by atoms with Gasteiger partial charge in [0, 0.05) is 49.1 Å². The lowest BCUT2D eigenvalue weighted by Crippen LogP contribution is -2.34. The number of likely N-dealkylation sites (tertiary alicyclic amines) is 1. The van der Waals surface area contributed by atoms with Crippen LogP contribution in [0.4, 0.5) is 10.2 Å². The number of hydrogen-bond acceptors (Lipinski definition) is 7. The van der Waals surface area contributed by atoms with Gasteiger partial charge in [0.05, 0.1) is 20.3 Å². The minimum absolute atomic E-state index is 0.000705. The molecule has 4 rings (SSSR count). The van der Waals surface area contributed by atoms with Crippen molar-refractivity contribution in [2.75, 3.05) is 45.8 Å². The van der Waals surface area contributed by atoms with Crippen molar-refractivity contribution in [1.29, 1.82) is 0 Å². The summed E-state index contributed by atoms with van der Waals surface area (Å²) < 4.78 is 32.2. The lowest BCUT2D eigenvalue weighted by Gasteiger charge is -2.29. The number of aromatic nitrogens is 1. The molecule has 1 saturated heterocycles.